The molecule has 4 heteroatoms. The second-order valence-corrected chi connectivity index (χ2v) is 6.02. The van der Waals surface area contributed by atoms with Crippen LogP contribution in [0.4, 0.5) is 0 Å². The molecule has 1 fully saturated rings. The number of ether oxygens (including phenoxy) is 1. The summed E-state index contributed by atoms with van der Waals surface area (Å²) in [5.41, 5.74) is 1.01. The summed E-state index contributed by atoms with van der Waals surface area (Å²) >= 11 is 0. The van der Waals surface area contributed by atoms with Gasteiger partial charge in [0.1, 0.15) is 6.04 Å². The largest absolute Gasteiger partial charge is 0.467 e. The third-order valence-electron chi connectivity index (χ3n) is 4.36. The molecule has 1 unspecified atom stereocenters. The fraction of sp³-hybridized carbons (Fsp3) is 0.556. The fourth-order valence-corrected chi connectivity index (χ4v) is 3.09. The van der Waals surface area contributed by atoms with Crippen LogP contribution in [0.25, 0.3) is 0 Å². The highest BCUT2D eigenvalue weighted by Gasteiger charge is 2.23. The normalized spacial score (nSPS) is 16.2. The number of nitrogens with one attached hydrogen (secondary N) is 1. The predicted octanol–water partition coefficient (Wildman–Crippen LogP) is 2.86. The smallest absolute Gasteiger partial charge is 0.328 e. The van der Waals surface area contributed by atoms with Crippen molar-refractivity contribution in [3.8, 4) is 0 Å². The Balaban J connectivity index is 1.85. The lowest BCUT2D eigenvalue weighted by atomic mass is 10.0. The number of hydrogen-bond donors (Lipinski definition) is 1. The van der Waals surface area contributed by atoms with Crippen LogP contribution in [0.5, 0.6) is 0 Å². The Labute approximate surface area is 132 Å². The Kier molecular flexibility index (Phi) is 6.44. The standard InChI is InChI=1S/C18H25NO3/c1-22-18(21)16(13-15-9-3-2-4-10-15)19-17(20)12-11-14-7-5-6-8-14/h2-4,9-10,14,16H,5-8,11-13H2,1H3,(H,19,20). The van der Waals surface area contributed by atoms with Crippen molar-refractivity contribution in [2.45, 2.75) is 51.0 Å². The summed E-state index contributed by atoms with van der Waals surface area (Å²) in [5.74, 6) is 0.229. The Morgan fingerprint density at radius 1 is 1.23 bits per heavy atom. The number of carbonyl (C=O) groups is 2. The second kappa shape index (κ2) is 8.57. The van der Waals surface area contributed by atoms with Gasteiger partial charge in [0.25, 0.3) is 0 Å². The summed E-state index contributed by atoms with van der Waals surface area (Å²) in [6, 6.07) is 9.05. The molecule has 0 bridgehead atoms. The quantitative estimate of drug-likeness (QED) is 0.788. The summed E-state index contributed by atoms with van der Waals surface area (Å²) in [7, 11) is 1.35. The Morgan fingerprint density at radius 2 is 1.91 bits per heavy atom. The van der Waals surface area contributed by atoms with Crippen LogP contribution in [0.2, 0.25) is 0 Å². The van der Waals surface area contributed by atoms with Gasteiger partial charge in [-0.2, -0.15) is 0 Å². The molecule has 0 heterocycles. The highest BCUT2D eigenvalue weighted by molar-refractivity contribution is 5.84. The van der Waals surface area contributed by atoms with E-state index in [4.69, 9.17) is 4.74 Å². The molecule has 1 saturated carbocycles. The van der Waals surface area contributed by atoms with Crippen LogP contribution >= 0.6 is 0 Å². The van der Waals surface area contributed by atoms with Crippen molar-refractivity contribution in [2.75, 3.05) is 7.11 Å². The van der Waals surface area contributed by atoms with Gasteiger partial charge in [0.15, 0.2) is 0 Å². The molecule has 0 aliphatic heterocycles. The number of carbonyl (C=O) groups excluding carboxylic acids is 2. The predicted molar refractivity (Wildman–Crippen MR) is 85.3 cm³/mol. The van der Waals surface area contributed by atoms with Gasteiger partial charge in [0.05, 0.1) is 7.11 Å². The molecule has 22 heavy (non-hydrogen) atoms. The van der Waals surface area contributed by atoms with E-state index in [1.54, 1.807) is 0 Å². The first-order valence-electron chi connectivity index (χ1n) is 8.10. The van der Waals surface area contributed by atoms with Crippen molar-refractivity contribution in [1.82, 2.24) is 5.32 Å². The summed E-state index contributed by atoms with van der Waals surface area (Å²) in [6.07, 6.45) is 6.91. The van der Waals surface area contributed by atoms with E-state index < -0.39 is 12.0 Å². The molecule has 120 valence electrons. The Hall–Kier alpha value is -1.84. The highest BCUT2D eigenvalue weighted by atomic mass is 16.5. The van der Waals surface area contributed by atoms with Crippen LogP contribution in [0.1, 0.15) is 44.1 Å². The SMILES string of the molecule is COC(=O)C(Cc1ccccc1)NC(=O)CCC1CCCC1. The molecule has 1 atom stereocenters. The molecule has 1 aromatic carbocycles. The first-order chi connectivity index (χ1) is 10.7. The van der Waals surface area contributed by atoms with Crippen LogP contribution in [-0.2, 0) is 20.7 Å². The first kappa shape index (κ1) is 16.5. The zero-order valence-electron chi connectivity index (χ0n) is 13.2. The third kappa shape index (κ3) is 5.17. The van der Waals surface area contributed by atoms with Crippen LogP contribution in [-0.4, -0.2) is 25.0 Å². The molecule has 0 spiro atoms. The molecule has 0 radical (unpaired) electrons. The summed E-state index contributed by atoms with van der Waals surface area (Å²) in [6.45, 7) is 0. The van der Waals surface area contributed by atoms with Gasteiger partial charge in [-0.15, -0.1) is 0 Å². The fourth-order valence-electron chi connectivity index (χ4n) is 3.09. The van der Waals surface area contributed by atoms with E-state index in [2.05, 4.69) is 5.32 Å². The van der Waals surface area contributed by atoms with Gasteiger partial charge in [-0.1, -0.05) is 56.0 Å². The lowest BCUT2D eigenvalue weighted by Gasteiger charge is -2.17. The van der Waals surface area contributed by atoms with Gasteiger partial charge in [-0.05, 0) is 17.9 Å². The minimum Gasteiger partial charge on any atom is -0.467 e. The number of methoxy groups -OCH3 is 1. The van der Waals surface area contributed by atoms with Crippen molar-refractivity contribution in [3.05, 3.63) is 35.9 Å². The average Bonchev–Trinajstić information content (AvgIpc) is 3.06. The van der Waals surface area contributed by atoms with Crippen molar-refractivity contribution in [3.63, 3.8) is 0 Å². The van der Waals surface area contributed by atoms with Gasteiger partial charge in [-0.3, -0.25) is 4.79 Å². The van der Waals surface area contributed by atoms with Gasteiger partial charge < -0.3 is 10.1 Å². The van der Waals surface area contributed by atoms with Crippen molar-refractivity contribution in [2.24, 2.45) is 5.92 Å². The van der Waals surface area contributed by atoms with Crippen molar-refractivity contribution in [1.29, 1.82) is 0 Å². The second-order valence-electron chi connectivity index (χ2n) is 6.02. The molecule has 1 aliphatic rings. The number of rotatable bonds is 7. The lowest BCUT2D eigenvalue weighted by Crippen LogP contribution is -2.43. The molecule has 1 aromatic rings. The van der Waals surface area contributed by atoms with E-state index in [-0.39, 0.29) is 5.91 Å². The maximum Gasteiger partial charge on any atom is 0.328 e. The molecule has 4 nitrogen and oxygen atoms in total. The molecule has 1 amide bonds. The van der Waals surface area contributed by atoms with Crippen LogP contribution in [0.3, 0.4) is 0 Å². The van der Waals surface area contributed by atoms with E-state index in [9.17, 15) is 9.59 Å². The van der Waals surface area contributed by atoms with E-state index in [0.717, 1.165) is 12.0 Å². The zero-order valence-corrected chi connectivity index (χ0v) is 13.2. The molecule has 2 rings (SSSR count). The van der Waals surface area contributed by atoms with Crippen molar-refractivity contribution >= 4 is 11.9 Å². The maximum absolute atomic E-state index is 12.1. The summed E-state index contributed by atoms with van der Waals surface area (Å²) in [5, 5.41) is 2.83. The van der Waals surface area contributed by atoms with E-state index in [1.807, 2.05) is 30.3 Å². The van der Waals surface area contributed by atoms with Crippen LogP contribution in [0.15, 0.2) is 30.3 Å². The van der Waals surface area contributed by atoms with Gasteiger partial charge in [0.2, 0.25) is 5.91 Å². The lowest BCUT2D eigenvalue weighted by molar-refractivity contribution is -0.145. The van der Waals surface area contributed by atoms with Crippen LogP contribution in [0, 0.1) is 5.92 Å². The summed E-state index contributed by atoms with van der Waals surface area (Å²) < 4.78 is 4.81. The molecular weight excluding hydrogens is 278 g/mol. The number of esters is 1. The monoisotopic (exact) mass is 303 g/mol. The molecule has 0 saturated heterocycles. The van der Waals surface area contributed by atoms with E-state index in [0.29, 0.717) is 18.8 Å². The van der Waals surface area contributed by atoms with E-state index in [1.165, 1.54) is 32.8 Å². The number of amides is 1. The number of hydrogen-bond acceptors (Lipinski definition) is 3. The number of benzene rings is 1. The Bertz CT molecular complexity index is 480. The maximum atomic E-state index is 12.1. The summed E-state index contributed by atoms with van der Waals surface area (Å²) in [4.78, 5) is 24.0. The van der Waals surface area contributed by atoms with Crippen molar-refractivity contribution < 1.29 is 14.3 Å². The zero-order chi connectivity index (χ0) is 15.8. The molecule has 1 aliphatic carbocycles. The molecular formula is C18H25NO3. The van der Waals surface area contributed by atoms with Crippen LogP contribution < -0.4 is 5.32 Å². The third-order valence-corrected chi connectivity index (χ3v) is 4.36. The van der Waals surface area contributed by atoms with Gasteiger partial charge >= 0.3 is 5.97 Å². The van der Waals surface area contributed by atoms with Gasteiger partial charge in [-0.25, -0.2) is 4.79 Å². The molecule has 0 aromatic heterocycles. The van der Waals surface area contributed by atoms with Gasteiger partial charge in [0, 0.05) is 12.8 Å². The average molecular weight is 303 g/mol. The Morgan fingerprint density at radius 3 is 2.55 bits per heavy atom. The molecule has 1 N–H and O–H groups in total. The minimum atomic E-state index is -0.608. The topological polar surface area (TPSA) is 55.4 Å². The first-order valence-corrected chi connectivity index (χ1v) is 8.10. The highest BCUT2D eigenvalue weighted by Crippen LogP contribution is 2.28. The minimum absolute atomic E-state index is 0.0572. The van der Waals surface area contributed by atoms with E-state index >= 15 is 0 Å².